The maximum absolute atomic E-state index is 11.3. The normalized spacial score (nSPS) is 32.3. The lowest BCUT2D eigenvalue weighted by molar-refractivity contribution is -0.261. The van der Waals surface area contributed by atoms with Gasteiger partial charge in [-0.2, -0.15) is 0 Å². The van der Waals surface area contributed by atoms with E-state index in [1.807, 2.05) is 0 Å². The van der Waals surface area contributed by atoms with Gasteiger partial charge in [-0.25, -0.2) is 0 Å². The summed E-state index contributed by atoms with van der Waals surface area (Å²) in [6, 6.07) is -1.19. The van der Waals surface area contributed by atoms with Gasteiger partial charge in [-0.05, 0) is 12.8 Å². The highest BCUT2D eigenvalue weighted by Gasteiger charge is 2.50. The molecule has 1 heterocycles. The molecule has 0 radical (unpaired) electrons. The number of ether oxygens (including phenoxy) is 1. The molecule has 0 spiro atoms. The SMILES string of the molecule is N=C(N)NCCCC(NC1(CO)OC[C@@H](O)[C@@H](O)[C@@H]1O)C(=O)O. The number of hydrogen-bond acceptors (Lipinski definition) is 8. The number of nitrogens with two attached hydrogens (primary N) is 1. The summed E-state index contributed by atoms with van der Waals surface area (Å²) in [6.45, 7) is -0.894. The summed E-state index contributed by atoms with van der Waals surface area (Å²) in [6.07, 6.45) is -4.21. The molecule has 10 N–H and O–H groups in total. The zero-order valence-electron chi connectivity index (χ0n) is 12.5. The summed E-state index contributed by atoms with van der Waals surface area (Å²) in [7, 11) is 0. The maximum atomic E-state index is 11.3. The Kier molecular flexibility index (Phi) is 7.12. The summed E-state index contributed by atoms with van der Waals surface area (Å²) >= 11 is 0. The predicted molar refractivity (Wildman–Crippen MR) is 77.5 cm³/mol. The number of aliphatic hydroxyl groups is 4. The Morgan fingerprint density at radius 1 is 1.43 bits per heavy atom. The molecule has 5 atom stereocenters. The molecule has 1 saturated heterocycles. The minimum Gasteiger partial charge on any atom is -0.480 e. The molecule has 1 fully saturated rings. The van der Waals surface area contributed by atoms with E-state index in [9.17, 15) is 30.3 Å². The summed E-state index contributed by atoms with van der Waals surface area (Å²) in [4.78, 5) is 11.3. The van der Waals surface area contributed by atoms with E-state index in [1.165, 1.54) is 0 Å². The van der Waals surface area contributed by atoms with Crippen molar-refractivity contribution in [2.24, 2.45) is 5.73 Å². The molecule has 0 amide bonds. The van der Waals surface area contributed by atoms with Crippen molar-refractivity contribution in [2.45, 2.75) is 42.9 Å². The van der Waals surface area contributed by atoms with Crippen LogP contribution in [0.3, 0.4) is 0 Å². The monoisotopic (exact) mass is 336 g/mol. The number of nitrogens with one attached hydrogen (secondary N) is 3. The first kappa shape index (κ1) is 19.5. The summed E-state index contributed by atoms with van der Waals surface area (Å²) in [5.74, 6) is -1.48. The van der Waals surface area contributed by atoms with Crippen LogP contribution in [-0.2, 0) is 9.53 Å². The smallest absolute Gasteiger partial charge is 0.320 e. The Morgan fingerprint density at radius 3 is 2.61 bits per heavy atom. The van der Waals surface area contributed by atoms with E-state index in [2.05, 4.69) is 10.6 Å². The third-order valence-electron chi connectivity index (χ3n) is 3.64. The molecular weight excluding hydrogens is 312 g/mol. The molecule has 0 saturated carbocycles. The van der Waals surface area contributed by atoms with E-state index in [1.54, 1.807) is 0 Å². The van der Waals surface area contributed by atoms with Crippen molar-refractivity contribution in [3.63, 3.8) is 0 Å². The van der Waals surface area contributed by atoms with E-state index in [0.29, 0.717) is 6.42 Å². The molecule has 0 aliphatic carbocycles. The molecule has 0 aromatic rings. The third kappa shape index (κ3) is 4.99. The lowest BCUT2D eigenvalue weighted by Crippen LogP contribution is -2.71. The van der Waals surface area contributed by atoms with Crippen LogP contribution in [0.1, 0.15) is 12.8 Å². The zero-order chi connectivity index (χ0) is 17.6. The fourth-order valence-electron chi connectivity index (χ4n) is 2.30. The third-order valence-corrected chi connectivity index (χ3v) is 3.64. The summed E-state index contributed by atoms with van der Waals surface area (Å²) < 4.78 is 5.18. The Labute approximate surface area is 132 Å². The highest BCUT2D eigenvalue weighted by Crippen LogP contribution is 2.25. The topological polar surface area (TPSA) is 201 Å². The average molecular weight is 336 g/mol. The molecule has 134 valence electrons. The predicted octanol–water partition coefficient (Wildman–Crippen LogP) is -3.91. The minimum absolute atomic E-state index is 0.0894. The maximum Gasteiger partial charge on any atom is 0.320 e. The highest BCUT2D eigenvalue weighted by atomic mass is 16.6. The van der Waals surface area contributed by atoms with Gasteiger partial charge < -0.3 is 41.3 Å². The van der Waals surface area contributed by atoms with Gasteiger partial charge in [-0.15, -0.1) is 0 Å². The van der Waals surface area contributed by atoms with E-state index >= 15 is 0 Å². The molecule has 1 rings (SSSR count). The van der Waals surface area contributed by atoms with E-state index < -0.39 is 42.7 Å². The Bertz CT molecular complexity index is 424. The fraction of sp³-hybridized carbons (Fsp3) is 0.833. The molecule has 0 aromatic carbocycles. The van der Waals surface area contributed by atoms with Crippen LogP contribution in [0, 0.1) is 5.41 Å². The highest BCUT2D eigenvalue weighted by molar-refractivity contribution is 5.74. The van der Waals surface area contributed by atoms with Crippen LogP contribution in [0.4, 0.5) is 0 Å². The van der Waals surface area contributed by atoms with Crippen LogP contribution in [0.25, 0.3) is 0 Å². The van der Waals surface area contributed by atoms with Crippen molar-refractivity contribution in [1.82, 2.24) is 10.6 Å². The molecular formula is C12H24N4O7. The standard InChI is InChI=1S/C12H24N4O7/c13-11(14)15-3-1-2-6(10(21)22)16-12(5-17)9(20)8(19)7(18)4-23-12/h6-9,16-20H,1-5H2,(H,21,22)(H4,13,14,15)/t6?,7-,8-,9+,12?/m1/s1. The second-order valence-corrected chi connectivity index (χ2v) is 5.38. The number of carboxylic acids is 1. The van der Waals surface area contributed by atoms with Gasteiger partial charge in [0.15, 0.2) is 11.7 Å². The van der Waals surface area contributed by atoms with Gasteiger partial charge in [-0.1, -0.05) is 0 Å². The van der Waals surface area contributed by atoms with Gasteiger partial charge >= 0.3 is 5.97 Å². The number of aliphatic carboxylic acids is 1. The number of carboxylic acid groups (broad SMARTS) is 1. The lowest BCUT2D eigenvalue weighted by atomic mass is 9.93. The Morgan fingerprint density at radius 2 is 2.09 bits per heavy atom. The van der Waals surface area contributed by atoms with Crippen LogP contribution in [0.5, 0.6) is 0 Å². The Hall–Kier alpha value is -1.50. The number of aliphatic hydroxyl groups excluding tert-OH is 4. The Balaban J connectivity index is 2.72. The molecule has 1 aliphatic heterocycles. The molecule has 1 aliphatic rings. The van der Waals surface area contributed by atoms with Crippen LogP contribution < -0.4 is 16.4 Å². The molecule has 11 nitrogen and oxygen atoms in total. The van der Waals surface area contributed by atoms with E-state index in [0.717, 1.165) is 0 Å². The lowest BCUT2D eigenvalue weighted by Gasteiger charge is -2.45. The van der Waals surface area contributed by atoms with Crippen LogP contribution in [-0.4, -0.2) is 87.3 Å². The number of guanidine groups is 1. The van der Waals surface area contributed by atoms with E-state index in [4.69, 9.17) is 15.9 Å². The van der Waals surface area contributed by atoms with Crippen molar-refractivity contribution in [1.29, 1.82) is 5.41 Å². The van der Waals surface area contributed by atoms with E-state index in [-0.39, 0.29) is 25.5 Å². The molecule has 0 bridgehead atoms. The first-order valence-corrected chi connectivity index (χ1v) is 7.11. The number of carbonyl (C=O) groups is 1. The van der Waals surface area contributed by atoms with Gasteiger partial charge in [-0.3, -0.25) is 15.5 Å². The molecule has 23 heavy (non-hydrogen) atoms. The van der Waals surface area contributed by atoms with Crippen LogP contribution in [0.15, 0.2) is 0 Å². The molecule has 11 heteroatoms. The van der Waals surface area contributed by atoms with Gasteiger partial charge in [0.1, 0.15) is 24.4 Å². The van der Waals surface area contributed by atoms with Crippen LogP contribution >= 0.6 is 0 Å². The minimum atomic E-state index is -1.89. The van der Waals surface area contributed by atoms with Crippen molar-refractivity contribution < 1.29 is 35.1 Å². The van der Waals surface area contributed by atoms with Gasteiger partial charge in [0.05, 0.1) is 13.2 Å². The van der Waals surface area contributed by atoms with Crippen molar-refractivity contribution >= 4 is 11.9 Å². The number of rotatable bonds is 8. The molecule has 2 unspecified atom stereocenters. The first-order valence-electron chi connectivity index (χ1n) is 7.11. The number of hydrogen-bond donors (Lipinski definition) is 9. The molecule has 0 aromatic heterocycles. The second-order valence-electron chi connectivity index (χ2n) is 5.38. The second kappa shape index (κ2) is 8.38. The quantitative estimate of drug-likeness (QED) is 0.120. The van der Waals surface area contributed by atoms with Gasteiger partial charge in [0.25, 0.3) is 0 Å². The zero-order valence-corrected chi connectivity index (χ0v) is 12.5. The summed E-state index contributed by atoms with van der Waals surface area (Å²) in [5.41, 5.74) is 3.22. The van der Waals surface area contributed by atoms with Crippen LogP contribution in [0.2, 0.25) is 0 Å². The fourth-order valence-corrected chi connectivity index (χ4v) is 2.30. The van der Waals surface area contributed by atoms with Crippen molar-refractivity contribution in [2.75, 3.05) is 19.8 Å². The van der Waals surface area contributed by atoms with Crippen molar-refractivity contribution in [3.8, 4) is 0 Å². The largest absolute Gasteiger partial charge is 0.480 e. The van der Waals surface area contributed by atoms with Gasteiger partial charge in [0.2, 0.25) is 0 Å². The summed E-state index contributed by atoms with van der Waals surface area (Å²) in [5, 5.41) is 60.0. The first-order chi connectivity index (χ1) is 10.7. The average Bonchev–Trinajstić information content (AvgIpc) is 2.50. The van der Waals surface area contributed by atoms with Gasteiger partial charge in [0, 0.05) is 6.54 Å². The van der Waals surface area contributed by atoms with Crippen molar-refractivity contribution in [3.05, 3.63) is 0 Å².